The van der Waals surface area contributed by atoms with E-state index in [1.54, 1.807) is 6.07 Å². The van der Waals surface area contributed by atoms with Crippen molar-refractivity contribution in [2.24, 2.45) is 0 Å². The van der Waals surface area contributed by atoms with Crippen molar-refractivity contribution >= 4 is 27.3 Å². The molecule has 2 atom stereocenters. The minimum absolute atomic E-state index is 0.312. The van der Waals surface area contributed by atoms with E-state index in [2.05, 4.69) is 33.2 Å². The number of benzene rings is 1. The molecule has 0 radical (unpaired) electrons. The molecule has 2 aliphatic rings. The maximum Gasteiger partial charge on any atom is 0.139 e. The lowest BCUT2D eigenvalue weighted by atomic mass is 9.82. The summed E-state index contributed by atoms with van der Waals surface area (Å²) in [6.07, 6.45) is 6.20. The quantitative estimate of drug-likeness (QED) is 0.807. The standard InChI is InChI=1S/C15H21BrFN3/c1-20-10-3-2-4-11(20)6-9(5-10)19-15-7-12(16)13(17)8-14(15)18/h7-11,19H,2-6,18H2,1H3. The molecule has 3 N–H and O–H groups in total. The van der Waals surface area contributed by atoms with Crippen molar-refractivity contribution in [3.63, 3.8) is 0 Å². The topological polar surface area (TPSA) is 41.3 Å². The summed E-state index contributed by atoms with van der Waals surface area (Å²) in [4.78, 5) is 2.53. The van der Waals surface area contributed by atoms with E-state index in [0.29, 0.717) is 28.3 Å². The Morgan fingerprint density at radius 3 is 2.60 bits per heavy atom. The fourth-order valence-electron chi connectivity index (χ4n) is 3.64. The van der Waals surface area contributed by atoms with Gasteiger partial charge >= 0.3 is 0 Å². The van der Waals surface area contributed by atoms with Gasteiger partial charge in [-0.25, -0.2) is 4.39 Å². The number of anilines is 2. The summed E-state index contributed by atoms with van der Waals surface area (Å²) < 4.78 is 13.9. The SMILES string of the molecule is CN1C2CCCC1CC(Nc1cc(Br)c(F)cc1N)C2. The number of nitrogen functional groups attached to an aromatic ring is 1. The zero-order chi connectivity index (χ0) is 14.3. The van der Waals surface area contributed by atoms with Gasteiger partial charge in [-0.05, 0) is 54.7 Å². The summed E-state index contributed by atoms with van der Waals surface area (Å²) in [5, 5.41) is 3.52. The highest BCUT2D eigenvalue weighted by Gasteiger charge is 2.35. The van der Waals surface area contributed by atoms with Gasteiger partial charge in [-0.2, -0.15) is 0 Å². The van der Waals surface area contributed by atoms with Gasteiger partial charge in [-0.15, -0.1) is 0 Å². The predicted octanol–water partition coefficient (Wildman–Crippen LogP) is 3.60. The fourth-order valence-corrected chi connectivity index (χ4v) is 3.98. The first-order chi connectivity index (χ1) is 9.54. The molecule has 1 aromatic carbocycles. The molecule has 0 spiro atoms. The van der Waals surface area contributed by atoms with Crippen molar-refractivity contribution in [1.29, 1.82) is 0 Å². The number of halogens is 2. The van der Waals surface area contributed by atoms with Crippen molar-refractivity contribution in [3.8, 4) is 0 Å². The third-order valence-corrected chi connectivity index (χ3v) is 5.40. The van der Waals surface area contributed by atoms with Crippen LogP contribution in [0.3, 0.4) is 0 Å². The Morgan fingerprint density at radius 1 is 1.30 bits per heavy atom. The van der Waals surface area contributed by atoms with E-state index >= 15 is 0 Å². The zero-order valence-electron chi connectivity index (χ0n) is 11.7. The van der Waals surface area contributed by atoms with Crippen LogP contribution < -0.4 is 11.1 Å². The Hall–Kier alpha value is -0.810. The summed E-state index contributed by atoms with van der Waals surface area (Å²) in [5.41, 5.74) is 7.24. The number of nitrogens with one attached hydrogen (secondary N) is 1. The smallest absolute Gasteiger partial charge is 0.139 e. The summed E-state index contributed by atoms with van der Waals surface area (Å²) in [5.74, 6) is -0.312. The number of hydrogen-bond donors (Lipinski definition) is 2. The van der Waals surface area contributed by atoms with Crippen LogP contribution in [0.15, 0.2) is 16.6 Å². The maximum absolute atomic E-state index is 13.4. The largest absolute Gasteiger partial charge is 0.397 e. The summed E-state index contributed by atoms with van der Waals surface area (Å²) in [6.45, 7) is 0. The number of fused-ring (bicyclic) bond motifs is 2. The van der Waals surface area contributed by atoms with Crippen LogP contribution >= 0.6 is 15.9 Å². The lowest BCUT2D eigenvalue weighted by Crippen LogP contribution is -2.52. The molecule has 1 aromatic rings. The number of piperidine rings is 2. The van der Waals surface area contributed by atoms with E-state index in [4.69, 9.17) is 5.73 Å². The zero-order valence-corrected chi connectivity index (χ0v) is 13.3. The van der Waals surface area contributed by atoms with E-state index < -0.39 is 0 Å². The number of hydrogen-bond acceptors (Lipinski definition) is 3. The second-order valence-electron chi connectivity index (χ2n) is 6.07. The van der Waals surface area contributed by atoms with Gasteiger partial charge in [0, 0.05) is 24.2 Å². The third kappa shape index (κ3) is 2.66. The summed E-state index contributed by atoms with van der Waals surface area (Å²) in [7, 11) is 2.24. The Kier molecular flexibility index (Phi) is 3.91. The van der Waals surface area contributed by atoms with E-state index in [9.17, 15) is 4.39 Å². The molecule has 2 unspecified atom stereocenters. The molecule has 3 rings (SSSR count). The molecule has 2 aliphatic heterocycles. The summed E-state index contributed by atoms with van der Waals surface area (Å²) in [6, 6.07) is 4.90. The molecule has 2 heterocycles. The number of rotatable bonds is 2. The highest BCUT2D eigenvalue weighted by Crippen LogP contribution is 2.35. The second kappa shape index (κ2) is 5.53. The lowest BCUT2D eigenvalue weighted by Gasteiger charge is -2.47. The first-order valence-corrected chi connectivity index (χ1v) is 8.07. The molecule has 2 fully saturated rings. The van der Waals surface area contributed by atoms with Gasteiger partial charge < -0.3 is 16.0 Å². The van der Waals surface area contributed by atoms with Gasteiger partial charge in [0.15, 0.2) is 0 Å². The third-order valence-electron chi connectivity index (χ3n) is 4.79. The Morgan fingerprint density at radius 2 is 1.95 bits per heavy atom. The first kappa shape index (κ1) is 14.1. The fraction of sp³-hybridized carbons (Fsp3) is 0.600. The average molecular weight is 342 g/mol. The van der Waals surface area contributed by atoms with Crippen molar-refractivity contribution in [1.82, 2.24) is 4.90 Å². The van der Waals surface area contributed by atoms with Crippen LogP contribution in [-0.2, 0) is 0 Å². The summed E-state index contributed by atoms with van der Waals surface area (Å²) >= 11 is 3.22. The normalized spacial score (nSPS) is 30.2. The predicted molar refractivity (Wildman–Crippen MR) is 84.3 cm³/mol. The molecule has 20 heavy (non-hydrogen) atoms. The minimum Gasteiger partial charge on any atom is -0.397 e. The van der Waals surface area contributed by atoms with E-state index in [1.165, 1.54) is 25.3 Å². The highest BCUT2D eigenvalue weighted by molar-refractivity contribution is 9.10. The van der Waals surface area contributed by atoms with Gasteiger partial charge in [0.1, 0.15) is 5.82 Å². The molecule has 5 heteroatoms. The molecule has 0 saturated carbocycles. The van der Waals surface area contributed by atoms with E-state index in [-0.39, 0.29) is 5.82 Å². The average Bonchev–Trinajstić information content (AvgIpc) is 2.37. The van der Waals surface area contributed by atoms with Crippen LogP contribution in [0.25, 0.3) is 0 Å². The molecular weight excluding hydrogens is 321 g/mol. The Balaban J connectivity index is 1.74. The van der Waals surface area contributed by atoms with Gasteiger partial charge in [0.25, 0.3) is 0 Å². The van der Waals surface area contributed by atoms with Crippen LogP contribution in [0.4, 0.5) is 15.8 Å². The molecule has 0 aliphatic carbocycles. The van der Waals surface area contributed by atoms with Crippen LogP contribution in [0, 0.1) is 5.82 Å². The van der Waals surface area contributed by atoms with Gasteiger partial charge in [-0.1, -0.05) is 6.42 Å². The monoisotopic (exact) mass is 341 g/mol. The van der Waals surface area contributed by atoms with Gasteiger partial charge in [0.05, 0.1) is 15.8 Å². The van der Waals surface area contributed by atoms with Crippen molar-refractivity contribution in [2.75, 3.05) is 18.1 Å². The molecule has 0 amide bonds. The number of nitrogens with zero attached hydrogens (tertiary/aromatic N) is 1. The molecule has 2 saturated heterocycles. The van der Waals surface area contributed by atoms with Crippen LogP contribution in [0.2, 0.25) is 0 Å². The van der Waals surface area contributed by atoms with Crippen molar-refractivity contribution in [2.45, 2.75) is 50.2 Å². The van der Waals surface area contributed by atoms with Gasteiger partial charge in [0.2, 0.25) is 0 Å². The van der Waals surface area contributed by atoms with Crippen molar-refractivity contribution in [3.05, 3.63) is 22.4 Å². The first-order valence-electron chi connectivity index (χ1n) is 7.27. The molecule has 110 valence electrons. The minimum atomic E-state index is -0.312. The molecule has 2 bridgehead atoms. The van der Waals surface area contributed by atoms with Crippen LogP contribution in [0.1, 0.15) is 32.1 Å². The number of nitrogens with two attached hydrogens (primary N) is 1. The van der Waals surface area contributed by atoms with Crippen LogP contribution in [0.5, 0.6) is 0 Å². The molecule has 0 aromatic heterocycles. The Bertz CT molecular complexity index is 494. The van der Waals surface area contributed by atoms with E-state index in [0.717, 1.165) is 18.5 Å². The lowest BCUT2D eigenvalue weighted by molar-refractivity contribution is 0.0608. The maximum atomic E-state index is 13.4. The molecule has 3 nitrogen and oxygen atoms in total. The van der Waals surface area contributed by atoms with Gasteiger partial charge in [-0.3, -0.25) is 0 Å². The van der Waals surface area contributed by atoms with Crippen LogP contribution in [-0.4, -0.2) is 30.1 Å². The molecular formula is C15H21BrFN3. The van der Waals surface area contributed by atoms with Crippen molar-refractivity contribution < 1.29 is 4.39 Å². The van der Waals surface area contributed by atoms with E-state index in [1.807, 2.05) is 0 Å². The Labute approximate surface area is 127 Å². The highest BCUT2D eigenvalue weighted by atomic mass is 79.9. The second-order valence-corrected chi connectivity index (χ2v) is 6.92.